The van der Waals surface area contributed by atoms with Crippen molar-refractivity contribution in [3.63, 3.8) is 0 Å². The highest BCUT2D eigenvalue weighted by atomic mass is 31.2. The summed E-state index contributed by atoms with van der Waals surface area (Å²) in [6.07, 6.45) is 57.7. The normalized spacial score (nSPS) is 14.5. The van der Waals surface area contributed by atoms with Gasteiger partial charge in [0.15, 0.2) is 0 Å². The lowest BCUT2D eigenvalue weighted by atomic mass is 10.1. The molecule has 66 heavy (non-hydrogen) atoms. The highest BCUT2D eigenvalue weighted by molar-refractivity contribution is 7.47. The number of allylic oxidation sites excluding steroid dienone is 11. The number of hydrogen-bond acceptors (Lipinski definition) is 6. The number of unbranched alkanes of at least 4 members (excludes halogenated alkanes) is 21. The summed E-state index contributed by atoms with van der Waals surface area (Å²) >= 11 is 0. The molecule has 0 spiro atoms. The van der Waals surface area contributed by atoms with Crippen LogP contribution in [-0.4, -0.2) is 74.3 Å². The van der Waals surface area contributed by atoms with E-state index >= 15 is 0 Å². The summed E-state index contributed by atoms with van der Waals surface area (Å²) in [5.41, 5.74) is 0. The number of carbonyl (C=O) groups is 2. The van der Waals surface area contributed by atoms with Crippen LogP contribution in [0.5, 0.6) is 0 Å². The maximum atomic E-state index is 13.4. The highest BCUT2D eigenvalue weighted by Crippen LogP contribution is 2.43. The molecule has 0 aromatic heterocycles. The average molecular weight is 946 g/mol. The zero-order valence-electron chi connectivity index (χ0n) is 43.4. The number of likely N-dealkylation sites (N-methyl/N-ethyl adjacent to an activating group) is 1. The molecule has 0 saturated heterocycles. The highest BCUT2D eigenvalue weighted by Gasteiger charge is 2.30. The molecule has 9 nitrogen and oxygen atoms in total. The summed E-state index contributed by atoms with van der Waals surface area (Å²) in [6.45, 7) is 6.82. The zero-order valence-corrected chi connectivity index (χ0v) is 44.3. The van der Waals surface area contributed by atoms with E-state index in [0.717, 1.165) is 96.3 Å². The number of ether oxygens (including phenoxy) is 1. The van der Waals surface area contributed by atoms with Crippen LogP contribution >= 0.6 is 7.82 Å². The first kappa shape index (κ1) is 63.5. The Balaban J connectivity index is 5.47. The molecule has 1 amide bonds. The van der Waals surface area contributed by atoms with E-state index in [2.05, 4.69) is 80.8 Å². The average Bonchev–Trinajstić information content (AvgIpc) is 3.27. The summed E-state index contributed by atoms with van der Waals surface area (Å²) in [5.74, 6) is -0.604. The Hall–Kier alpha value is -2.55. The van der Waals surface area contributed by atoms with Crippen molar-refractivity contribution in [3.05, 3.63) is 72.9 Å². The number of rotatable bonds is 47. The molecule has 0 fully saturated rings. The summed E-state index contributed by atoms with van der Waals surface area (Å²) in [7, 11) is 1.45. The van der Waals surface area contributed by atoms with Crippen LogP contribution in [0.2, 0.25) is 0 Å². The van der Waals surface area contributed by atoms with E-state index in [-0.39, 0.29) is 25.5 Å². The molecule has 0 aliphatic carbocycles. The number of esters is 1. The van der Waals surface area contributed by atoms with E-state index in [0.29, 0.717) is 23.9 Å². The van der Waals surface area contributed by atoms with Crippen LogP contribution in [0, 0.1) is 0 Å². The molecule has 0 radical (unpaired) electrons. The van der Waals surface area contributed by atoms with E-state index in [1.54, 1.807) is 0 Å². The van der Waals surface area contributed by atoms with Crippen molar-refractivity contribution >= 4 is 19.7 Å². The number of nitrogens with one attached hydrogen (secondary N) is 1. The Bertz CT molecular complexity index is 1370. The Labute approximate surface area is 406 Å². The summed E-state index contributed by atoms with van der Waals surface area (Å²) in [6, 6.07) is -0.878. The minimum atomic E-state index is -4.46. The fourth-order valence-corrected chi connectivity index (χ4v) is 7.98. The molecule has 0 aliphatic rings. The minimum Gasteiger partial charge on any atom is -0.456 e. The van der Waals surface area contributed by atoms with Gasteiger partial charge in [-0.1, -0.05) is 197 Å². The summed E-state index contributed by atoms with van der Waals surface area (Å²) in [4.78, 5) is 37.4. The van der Waals surface area contributed by atoms with Crippen LogP contribution in [0.25, 0.3) is 0 Å². The van der Waals surface area contributed by atoms with Gasteiger partial charge in [0.25, 0.3) is 0 Å². The molecule has 10 heteroatoms. The lowest BCUT2D eigenvalue weighted by Crippen LogP contribution is -2.47. The van der Waals surface area contributed by atoms with Gasteiger partial charge >= 0.3 is 13.8 Å². The third-order valence-electron chi connectivity index (χ3n) is 11.4. The van der Waals surface area contributed by atoms with Crippen molar-refractivity contribution in [1.29, 1.82) is 0 Å². The third-order valence-corrected chi connectivity index (χ3v) is 12.4. The van der Waals surface area contributed by atoms with Crippen molar-refractivity contribution in [1.82, 2.24) is 5.32 Å². The van der Waals surface area contributed by atoms with E-state index in [1.807, 2.05) is 39.4 Å². The van der Waals surface area contributed by atoms with Gasteiger partial charge in [0.1, 0.15) is 19.3 Å². The molecule has 0 bridgehead atoms. The van der Waals surface area contributed by atoms with Crippen molar-refractivity contribution < 1.29 is 37.3 Å². The van der Waals surface area contributed by atoms with Crippen LogP contribution < -0.4 is 5.32 Å². The second-order valence-electron chi connectivity index (χ2n) is 19.0. The molecule has 3 atom stereocenters. The second-order valence-corrected chi connectivity index (χ2v) is 20.5. The van der Waals surface area contributed by atoms with Crippen molar-refractivity contribution in [2.24, 2.45) is 0 Å². The lowest BCUT2D eigenvalue weighted by Gasteiger charge is -2.27. The predicted octanol–water partition coefficient (Wildman–Crippen LogP) is 15.7. The molecule has 0 rings (SSSR count). The summed E-state index contributed by atoms with van der Waals surface area (Å²) in [5, 5.41) is 3.01. The van der Waals surface area contributed by atoms with Crippen LogP contribution in [0.4, 0.5) is 0 Å². The molecule has 3 unspecified atom stereocenters. The SMILES string of the molecule is CC/C=C/C/C=C/C/C=C/CCCCCCCCC(=O)NC(COP(=O)(O)OCC[N+](C)(C)C)C(/C=C/CCCCCCCCCCC)OC(=O)CC/C=C/C/C=C\CCCCCCCC. The van der Waals surface area contributed by atoms with Crippen LogP contribution in [0.3, 0.4) is 0 Å². The van der Waals surface area contributed by atoms with Gasteiger partial charge in [-0.25, -0.2) is 4.57 Å². The second kappa shape index (κ2) is 46.2. The van der Waals surface area contributed by atoms with Gasteiger partial charge in [0.2, 0.25) is 5.91 Å². The van der Waals surface area contributed by atoms with Crippen molar-refractivity contribution in [3.8, 4) is 0 Å². The Morgan fingerprint density at radius 3 is 1.48 bits per heavy atom. The van der Waals surface area contributed by atoms with Crippen LogP contribution in [-0.2, 0) is 27.9 Å². The quantitative estimate of drug-likeness (QED) is 0.0205. The van der Waals surface area contributed by atoms with Gasteiger partial charge in [-0.2, -0.15) is 0 Å². The first-order valence-electron chi connectivity index (χ1n) is 26.8. The molecular weight excluding hydrogens is 844 g/mol. The number of amides is 1. The molecule has 0 saturated carbocycles. The van der Waals surface area contributed by atoms with Gasteiger partial charge in [0.05, 0.1) is 33.8 Å². The largest absolute Gasteiger partial charge is 0.472 e. The Kier molecular flexibility index (Phi) is 44.4. The number of phosphoric ester groups is 1. The zero-order chi connectivity index (χ0) is 48.7. The van der Waals surface area contributed by atoms with E-state index < -0.39 is 25.9 Å². The Morgan fingerprint density at radius 2 is 0.985 bits per heavy atom. The first-order valence-corrected chi connectivity index (χ1v) is 28.3. The topological polar surface area (TPSA) is 111 Å². The predicted molar refractivity (Wildman–Crippen MR) is 281 cm³/mol. The van der Waals surface area contributed by atoms with Gasteiger partial charge in [-0.05, 0) is 83.1 Å². The van der Waals surface area contributed by atoms with E-state index in [1.165, 1.54) is 83.5 Å². The first-order chi connectivity index (χ1) is 31.9. The standard InChI is InChI=1S/C56H101N2O7P/c1-7-10-13-16-19-22-25-27-28-29-31-33-36-39-42-45-48-55(59)57-53(52-64-66(61,62)63-51-50-58(4,5)6)54(47-44-41-38-35-32-24-21-18-15-12-9-3)65-56(60)49-46-43-40-37-34-30-26-23-20-17-14-11-8-2/h10,13,19,22,27-28,30,34,40,43-44,47,53-54H,7-9,11-12,14-18,20-21,23-26,29,31-33,35-39,41-42,45-46,48-52H2,1-6H3,(H-,57,59,61,62)/p+1/b13-10+,22-19+,28-27+,34-30-,43-40+,47-44+. The summed E-state index contributed by atoms with van der Waals surface area (Å²) < 4.78 is 30.4. The van der Waals surface area contributed by atoms with E-state index in [9.17, 15) is 19.0 Å². The monoisotopic (exact) mass is 946 g/mol. The molecule has 382 valence electrons. The van der Waals surface area contributed by atoms with Gasteiger partial charge < -0.3 is 19.4 Å². The third kappa shape index (κ3) is 46.6. The van der Waals surface area contributed by atoms with Gasteiger partial charge in [0, 0.05) is 12.8 Å². The van der Waals surface area contributed by atoms with Crippen LogP contribution in [0.15, 0.2) is 72.9 Å². The van der Waals surface area contributed by atoms with Gasteiger partial charge in [-0.3, -0.25) is 18.6 Å². The molecule has 0 heterocycles. The van der Waals surface area contributed by atoms with Crippen molar-refractivity contribution in [2.45, 2.75) is 232 Å². The minimum absolute atomic E-state index is 0.0273. The molecule has 0 aliphatic heterocycles. The maximum absolute atomic E-state index is 13.4. The maximum Gasteiger partial charge on any atom is 0.472 e. The fraction of sp³-hybridized carbons (Fsp3) is 0.750. The molecule has 2 N–H and O–H groups in total. The Morgan fingerprint density at radius 1 is 0.545 bits per heavy atom. The number of hydrogen-bond donors (Lipinski definition) is 2. The number of phosphoric acid groups is 1. The van der Waals surface area contributed by atoms with E-state index in [4.69, 9.17) is 13.8 Å². The molecule has 0 aromatic carbocycles. The molecule has 0 aromatic rings. The fourth-order valence-electron chi connectivity index (χ4n) is 7.24. The van der Waals surface area contributed by atoms with Crippen molar-refractivity contribution in [2.75, 3.05) is 40.9 Å². The number of carbonyl (C=O) groups excluding carboxylic acids is 2. The molecular formula is C56H102N2O7P+. The number of quaternary nitrogens is 1. The smallest absolute Gasteiger partial charge is 0.456 e. The van der Waals surface area contributed by atoms with Gasteiger partial charge in [-0.15, -0.1) is 0 Å². The lowest BCUT2D eigenvalue weighted by molar-refractivity contribution is -0.870. The van der Waals surface area contributed by atoms with Crippen LogP contribution in [0.1, 0.15) is 220 Å². The number of nitrogens with zero attached hydrogens (tertiary/aromatic N) is 1.